The Balaban J connectivity index is 1.86. The summed E-state index contributed by atoms with van der Waals surface area (Å²) >= 11 is 6.37. The number of hydrogen-bond donors (Lipinski definition) is 0. The van der Waals surface area contributed by atoms with Crippen LogP contribution in [0.25, 0.3) is 5.69 Å². The highest BCUT2D eigenvalue weighted by molar-refractivity contribution is 6.35. The van der Waals surface area contributed by atoms with E-state index in [9.17, 15) is 9.18 Å². The topological polar surface area (TPSA) is 65.7 Å². The summed E-state index contributed by atoms with van der Waals surface area (Å²) in [4.78, 5) is 20.5. The number of aromatic nitrogens is 2. The van der Waals surface area contributed by atoms with E-state index < -0.39 is 12.0 Å². The highest BCUT2D eigenvalue weighted by Crippen LogP contribution is 2.31. The third-order valence-corrected chi connectivity index (χ3v) is 4.59. The fourth-order valence-corrected chi connectivity index (χ4v) is 3.27. The minimum absolute atomic E-state index is 0.0674. The molecule has 0 amide bonds. The molecule has 0 atom stereocenters. The van der Waals surface area contributed by atoms with Crippen LogP contribution in [0.1, 0.15) is 23.7 Å². The summed E-state index contributed by atoms with van der Waals surface area (Å²) in [6.07, 6.45) is 0.607. The maximum absolute atomic E-state index is 14.0. The van der Waals surface area contributed by atoms with E-state index in [2.05, 4.69) is 9.98 Å². The Morgan fingerprint density at radius 1 is 1.25 bits per heavy atom. The zero-order chi connectivity index (χ0) is 19.7. The summed E-state index contributed by atoms with van der Waals surface area (Å²) in [7, 11) is 0. The van der Waals surface area contributed by atoms with Crippen LogP contribution in [0.5, 0.6) is 5.88 Å². The van der Waals surface area contributed by atoms with Crippen LogP contribution >= 0.6 is 11.6 Å². The Labute approximate surface area is 165 Å². The fourth-order valence-electron chi connectivity index (χ4n) is 3.05. The van der Waals surface area contributed by atoms with Crippen molar-refractivity contribution in [1.82, 2.24) is 9.55 Å². The zero-order valence-corrected chi connectivity index (χ0v) is 15.6. The number of benzene rings is 2. The maximum atomic E-state index is 14.0. The molecule has 0 bridgehead atoms. The van der Waals surface area contributed by atoms with Crippen LogP contribution in [0.3, 0.4) is 0 Å². The van der Waals surface area contributed by atoms with Crippen molar-refractivity contribution in [1.29, 1.82) is 0 Å². The molecule has 8 heteroatoms. The monoisotopic (exact) mass is 399 g/mol. The lowest BCUT2D eigenvalue weighted by molar-refractivity contribution is 0.102. The van der Waals surface area contributed by atoms with Crippen molar-refractivity contribution in [3.63, 3.8) is 0 Å². The van der Waals surface area contributed by atoms with Gasteiger partial charge in [0.25, 0.3) is 0 Å². The number of nitrogens with zero attached hydrogens (tertiary/aromatic N) is 3. The molecule has 0 fully saturated rings. The van der Waals surface area contributed by atoms with Gasteiger partial charge in [-0.2, -0.15) is 0 Å². The third-order valence-electron chi connectivity index (χ3n) is 4.26. The second-order valence-electron chi connectivity index (χ2n) is 5.96. The van der Waals surface area contributed by atoms with Crippen molar-refractivity contribution in [2.75, 3.05) is 6.61 Å². The van der Waals surface area contributed by atoms with Gasteiger partial charge in [-0.25, -0.2) is 14.2 Å². The lowest BCUT2D eigenvalue weighted by Gasteiger charge is -2.12. The van der Waals surface area contributed by atoms with Gasteiger partial charge in [0.05, 0.1) is 24.6 Å². The summed E-state index contributed by atoms with van der Waals surface area (Å²) in [5.41, 5.74) is 3.06. The molecule has 0 aliphatic carbocycles. The standard InChI is InChI=1S/C20H15ClFN3O3/c1-2-27-20(26)28-19-17-10-23-18(13-5-3-4-6-15(13)21)14-8-7-12(22)9-16(14)25(17)11-24-19/h3-9,11H,2,10H2,1H3. The highest BCUT2D eigenvalue weighted by Gasteiger charge is 2.25. The first-order chi connectivity index (χ1) is 13.6. The lowest BCUT2D eigenvalue weighted by Crippen LogP contribution is -2.11. The van der Waals surface area contributed by atoms with Gasteiger partial charge in [-0.05, 0) is 31.2 Å². The Hall–Kier alpha value is -3.19. The van der Waals surface area contributed by atoms with E-state index in [4.69, 9.17) is 21.1 Å². The molecule has 28 heavy (non-hydrogen) atoms. The lowest BCUT2D eigenvalue weighted by atomic mass is 10.0. The van der Waals surface area contributed by atoms with Crippen LogP contribution in [-0.2, 0) is 11.3 Å². The largest absolute Gasteiger partial charge is 0.515 e. The molecule has 1 aliphatic heterocycles. The number of rotatable bonds is 3. The van der Waals surface area contributed by atoms with Gasteiger partial charge < -0.3 is 9.47 Å². The first-order valence-corrected chi connectivity index (χ1v) is 8.96. The Bertz CT molecular complexity index is 1090. The second kappa shape index (κ2) is 7.44. The van der Waals surface area contributed by atoms with Crippen molar-refractivity contribution in [2.24, 2.45) is 4.99 Å². The van der Waals surface area contributed by atoms with Crippen LogP contribution in [0.2, 0.25) is 5.02 Å². The van der Waals surface area contributed by atoms with Gasteiger partial charge in [-0.1, -0.05) is 29.8 Å². The Morgan fingerprint density at radius 3 is 2.86 bits per heavy atom. The van der Waals surface area contributed by atoms with E-state index in [-0.39, 0.29) is 19.0 Å². The smallest absolute Gasteiger partial charge is 0.434 e. The number of aliphatic imine (C=N–C) groups is 1. The van der Waals surface area contributed by atoms with E-state index in [1.165, 1.54) is 18.5 Å². The number of carbonyl (C=O) groups is 1. The minimum atomic E-state index is -0.858. The van der Waals surface area contributed by atoms with Gasteiger partial charge in [0, 0.05) is 16.1 Å². The molecule has 2 aromatic carbocycles. The number of fused-ring (bicyclic) bond motifs is 3. The summed E-state index contributed by atoms with van der Waals surface area (Å²) in [6.45, 7) is 2.01. The van der Waals surface area contributed by atoms with Crippen molar-refractivity contribution >= 4 is 23.5 Å². The van der Waals surface area contributed by atoms with Crippen molar-refractivity contribution in [2.45, 2.75) is 13.5 Å². The summed E-state index contributed by atoms with van der Waals surface area (Å²) in [5.74, 6) is -0.343. The summed E-state index contributed by atoms with van der Waals surface area (Å²) < 4.78 is 25.7. The van der Waals surface area contributed by atoms with Gasteiger partial charge in [-0.3, -0.25) is 9.56 Å². The second-order valence-corrected chi connectivity index (χ2v) is 6.36. The first-order valence-electron chi connectivity index (χ1n) is 8.59. The molecule has 0 spiro atoms. The third kappa shape index (κ3) is 3.25. The quantitative estimate of drug-likeness (QED) is 0.606. The molecular formula is C20H15ClFN3O3. The molecule has 3 aromatic rings. The van der Waals surface area contributed by atoms with Crippen molar-refractivity contribution < 1.29 is 18.7 Å². The number of hydrogen-bond acceptors (Lipinski definition) is 5. The summed E-state index contributed by atoms with van der Waals surface area (Å²) in [5, 5.41) is 0.532. The molecule has 1 aliphatic rings. The van der Waals surface area contributed by atoms with E-state index >= 15 is 0 Å². The fraction of sp³-hybridized carbons (Fsp3) is 0.150. The molecule has 142 valence electrons. The molecule has 0 saturated carbocycles. The predicted octanol–water partition coefficient (Wildman–Crippen LogP) is 4.55. The number of imidazole rings is 1. The average Bonchev–Trinajstić information content (AvgIpc) is 2.98. The van der Waals surface area contributed by atoms with Gasteiger partial charge in [-0.15, -0.1) is 0 Å². The van der Waals surface area contributed by atoms with Crippen LogP contribution in [0.15, 0.2) is 53.8 Å². The van der Waals surface area contributed by atoms with Crippen LogP contribution in [0, 0.1) is 5.82 Å². The molecule has 2 heterocycles. The molecule has 1 aromatic heterocycles. The Kier molecular flexibility index (Phi) is 4.83. The van der Waals surface area contributed by atoms with Crippen molar-refractivity contribution in [3.05, 3.63) is 76.5 Å². The molecule has 6 nitrogen and oxygen atoms in total. The highest BCUT2D eigenvalue weighted by atomic mass is 35.5. The van der Waals surface area contributed by atoms with E-state index in [1.807, 2.05) is 18.2 Å². The zero-order valence-electron chi connectivity index (χ0n) is 14.9. The molecular weight excluding hydrogens is 385 g/mol. The number of halogens is 2. The van der Waals surface area contributed by atoms with Crippen LogP contribution < -0.4 is 4.74 Å². The SMILES string of the molecule is CCOC(=O)Oc1ncn2c1CN=C(c1ccccc1Cl)c1ccc(F)cc1-2. The minimum Gasteiger partial charge on any atom is -0.434 e. The van der Waals surface area contributed by atoms with Gasteiger partial charge >= 0.3 is 6.16 Å². The first kappa shape index (κ1) is 18.2. The molecule has 0 unspecified atom stereocenters. The number of carbonyl (C=O) groups excluding carboxylic acids is 1. The van der Waals surface area contributed by atoms with Crippen LogP contribution in [0.4, 0.5) is 9.18 Å². The van der Waals surface area contributed by atoms with E-state index in [1.54, 1.807) is 23.6 Å². The average molecular weight is 400 g/mol. The molecule has 0 saturated heterocycles. The maximum Gasteiger partial charge on any atom is 0.515 e. The van der Waals surface area contributed by atoms with E-state index in [0.29, 0.717) is 27.7 Å². The summed E-state index contributed by atoms with van der Waals surface area (Å²) in [6, 6.07) is 11.7. The molecule has 0 N–H and O–H groups in total. The van der Waals surface area contributed by atoms with Crippen molar-refractivity contribution in [3.8, 4) is 11.6 Å². The van der Waals surface area contributed by atoms with E-state index in [0.717, 1.165) is 5.56 Å². The molecule has 4 rings (SSSR count). The number of ether oxygens (including phenoxy) is 2. The normalized spacial score (nSPS) is 12.5. The van der Waals surface area contributed by atoms with Gasteiger partial charge in [0.1, 0.15) is 17.8 Å². The van der Waals surface area contributed by atoms with Gasteiger partial charge in [0.2, 0.25) is 5.88 Å². The van der Waals surface area contributed by atoms with Crippen LogP contribution in [-0.4, -0.2) is 28.0 Å². The Morgan fingerprint density at radius 2 is 2.07 bits per heavy atom. The van der Waals surface area contributed by atoms with Gasteiger partial charge in [0.15, 0.2) is 0 Å². The molecule has 0 radical (unpaired) electrons. The predicted molar refractivity (Wildman–Crippen MR) is 102 cm³/mol.